The second-order valence-electron chi connectivity index (χ2n) is 10.1. The Bertz CT molecular complexity index is 1350. The maximum atomic E-state index is 12.6. The predicted octanol–water partition coefficient (Wildman–Crippen LogP) is 3.49. The van der Waals surface area contributed by atoms with Gasteiger partial charge in [-0.1, -0.05) is 19.0 Å². The number of anilines is 1. The summed E-state index contributed by atoms with van der Waals surface area (Å²) in [6.07, 6.45) is 9.17. The van der Waals surface area contributed by atoms with Gasteiger partial charge in [-0.15, -0.1) is 0 Å². The summed E-state index contributed by atoms with van der Waals surface area (Å²) in [6, 6.07) is 2.00. The van der Waals surface area contributed by atoms with Gasteiger partial charge in [-0.25, -0.2) is 9.97 Å². The summed E-state index contributed by atoms with van der Waals surface area (Å²) in [7, 11) is 1.78. The predicted molar refractivity (Wildman–Crippen MR) is 135 cm³/mol. The van der Waals surface area contributed by atoms with Crippen LogP contribution in [0.15, 0.2) is 41.6 Å². The van der Waals surface area contributed by atoms with Gasteiger partial charge in [0.25, 0.3) is 5.89 Å². The minimum absolute atomic E-state index is 0.0423. The number of rotatable bonds is 7. The molecule has 0 saturated heterocycles. The number of carbonyl (C=O) groups excluding carboxylic acids is 1. The molecule has 0 aliphatic heterocycles. The van der Waals surface area contributed by atoms with Crippen LogP contribution in [0.5, 0.6) is 0 Å². The van der Waals surface area contributed by atoms with Crippen molar-refractivity contribution in [1.29, 1.82) is 0 Å². The first-order valence-corrected chi connectivity index (χ1v) is 11.7. The molecule has 2 N–H and O–H groups in total. The fourth-order valence-corrected chi connectivity index (χ4v) is 3.56. The van der Waals surface area contributed by atoms with Crippen LogP contribution in [0.25, 0.3) is 34.1 Å². The van der Waals surface area contributed by atoms with E-state index in [9.17, 15) is 4.79 Å². The van der Waals surface area contributed by atoms with Gasteiger partial charge >= 0.3 is 0 Å². The molecule has 0 aliphatic carbocycles. The minimum atomic E-state index is -0.271. The first-order valence-electron chi connectivity index (χ1n) is 11.7. The lowest BCUT2D eigenvalue weighted by molar-refractivity contribution is -0.134. The van der Waals surface area contributed by atoms with Gasteiger partial charge in [-0.2, -0.15) is 10.1 Å². The van der Waals surface area contributed by atoms with Crippen molar-refractivity contribution in [2.45, 2.75) is 53.1 Å². The Labute approximate surface area is 209 Å². The number of nitrogens with zero attached hydrogens (tertiary/aromatic N) is 8. The van der Waals surface area contributed by atoms with Crippen LogP contribution < -0.4 is 5.73 Å². The number of amides is 1. The van der Waals surface area contributed by atoms with Crippen molar-refractivity contribution in [3.8, 4) is 34.1 Å². The van der Waals surface area contributed by atoms with Crippen molar-refractivity contribution in [2.24, 2.45) is 5.92 Å². The average Bonchev–Trinajstić information content (AvgIpc) is 3.48. The molecule has 4 rings (SSSR count). The molecular weight excluding hydrogens is 458 g/mol. The molecule has 188 valence electrons. The van der Waals surface area contributed by atoms with E-state index in [-0.39, 0.29) is 23.9 Å². The Hall–Kier alpha value is -4.15. The number of aromatic nitrogens is 7. The van der Waals surface area contributed by atoms with Crippen LogP contribution >= 0.6 is 0 Å². The van der Waals surface area contributed by atoms with Crippen LogP contribution in [-0.2, 0) is 17.8 Å². The van der Waals surface area contributed by atoms with Gasteiger partial charge in [0.1, 0.15) is 6.54 Å². The van der Waals surface area contributed by atoms with Crippen LogP contribution in [0.3, 0.4) is 0 Å². The maximum absolute atomic E-state index is 12.6. The lowest BCUT2D eigenvalue weighted by Gasteiger charge is -2.31. The van der Waals surface area contributed by atoms with Crippen molar-refractivity contribution >= 4 is 11.9 Å². The van der Waals surface area contributed by atoms with E-state index in [2.05, 4.69) is 44.0 Å². The Morgan fingerprint density at radius 3 is 2.50 bits per heavy atom. The van der Waals surface area contributed by atoms with Crippen molar-refractivity contribution in [1.82, 2.24) is 39.8 Å². The van der Waals surface area contributed by atoms with Crippen molar-refractivity contribution in [3.05, 3.63) is 42.6 Å². The van der Waals surface area contributed by atoms with Gasteiger partial charge in [0, 0.05) is 48.5 Å². The fraction of sp³-hybridized carbons (Fsp3) is 0.400. The van der Waals surface area contributed by atoms with E-state index in [0.29, 0.717) is 23.2 Å². The zero-order chi connectivity index (χ0) is 26.0. The molecule has 0 bridgehead atoms. The minimum Gasteiger partial charge on any atom is -0.368 e. The smallest absolute Gasteiger partial charge is 0.261 e. The van der Waals surface area contributed by atoms with Gasteiger partial charge in [0.05, 0.1) is 17.5 Å². The SMILES string of the molecule is CC(C)Cc1cc(-c2cnc(N)nc2)ncc1-c1noc(-c2cnn(CC(=O)N(C)C(C)(C)C)c2)n1. The quantitative estimate of drug-likeness (QED) is 0.413. The molecule has 4 aromatic rings. The highest BCUT2D eigenvalue weighted by atomic mass is 16.5. The summed E-state index contributed by atoms with van der Waals surface area (Å²) >= 11 is 0. The standard InChI is InChI=1S/C25H31N9O2/c1-15(2)7-16-8-20(17-9-28-24(26)29-10-17)27-12-19(16)22-31-23(36-32-22)18-11-30-34(13-18)14-21(35)33(6)25(3,4)5/h8-13,15H,7,14H2,1-6H3,(H2,26,28,29). The van der Waals surface area contributed by atoms with E-state index < -0.39 is 0 Å². The molecule has 0 aliphatic rings. The lowest BCUT2D eigenvalue weighted by Crippen LogP contribution is -2.44. The first-order chi connectivity index (χ1) is 17.0. The molecule has 4 aromatic heterocycles. The Balaban J connectivity index is 1.59. The third kappa shape index (κ3) is 5.56. The third-order valence-corrected chi connectivity index (χ3v) is 5.81. The molecule has 0 fully saturated rings. The lowest BCUT2D eigenvalue weighted by atomic mass is 9.97. The molecule has 0 atom stereocenters. The monoisotopic (exact) mass is 489 g/mol. The zero-order valence-electron chi connectivity index (χ0n) is 21.4. The Morgan fingerprint density at radius 2 is 1.83 bits per heavy atom. The molecule has 4 heterocycles. The molecule has 11 nitrogen and oxygen atoms in total. The fourth-order valence-electron chi connectivity index (χ4n) is 3.56. The van der Waals surface area contributed by atoms with Gasteiger partial charge in [-0.05, 0) is 44.7 Å². The molecular formula is C25H31N9O2. The summed E-state index contributed by atoms with van der Waals surface area (Å²) in [5.41, 5.74) is 9.30. The molecule has 0 spiro atoms. The van der Waals surface area contributed by atoms with Crippen LogP contribution in [0.1, 0.15) is 40.2 Å². The number of carbonyl (C=O) groups is 1. The molecule has 0 unspecified atom stereocenters. The summed E-state index contributed by atoms with van der Waals surface area (Å²) in [4.78, 5) is 31.5. The summed E-state index contributed by atoms with van der Waals surface area (Å²) in [6.45, 7) is 10.4. The number of hydrogen-bond acceptors (Lipinski definition) is 9. The highest BCUT2D eigenvalue weighted by Crippen LogP contribution is 2.29. The highest BCUT2D eigenvalue weighted by Gasteiger charge is 2.23. The van der Waals surface area contributed by atoms with Gasteiger partial charge in [0.15, 0.2) is 0 Å². The normalized spacial score (nSPS) is 11.8. The Morgan fingerprint density at radius 1 is 1.11 bits per heavy atom. The van der Waals surface area contributed by atoms with E-state index in [1.807, 2.05) is 26.8 Å². The number of nitrogen functional groups attached to an aromatic ring is 1. The summed E-state index contributed by atoms with van der Waals surface area (Å²) < 4.78 is 7.11. The van der Waals surface area contributed by atoms with E-state index in [1.54, 1.807) is 47.6 Å². The Kier molecular flexibility index (Phi) is 6.82. The molecule has 11 heteroatoms. The van der Waals surface area contributed by atoms with Crippen molar-refractivity contribution in [3.63, 3.8) is 0 Å². The molecule has 1 amide bonds. The number of pyridine rings is 1. The van der Waals surface area contributed by atoms with Gasteiger partial charge in [0.2, 0.25) is 17.7 Å². The van der Waals surface area contributed by atoms with Crippen LogP contribution in [0, 0.1) is 5.92 Å². The first kappa shape index (κ1) is 25.0. The molecule has 0 radical (unpaired) electrons. The van der Waals surface area contributed by atoms with E-state index in [0.717, 1.165) is 28.8 Å². The maximum Gasteiger partial charge on any atom is 0.261 e. The zero-order valence-corrected chi connectivity index (χ0v) is 21.4. The second kappa shape index (κ2) is 9.84. The van der Waals surface area contributed by atoms with Crippen LogP contribution in [-0.4, -0.2) is 58.3 Å². The third-order valence-electron chi connectivity index (χ3n) is 5.81. The molecule has 0 aromatic carbocycles. The van der Waals surface area contributed by atoms with Crippen molar-refractivity contribution in [2.75, 3.05) is 12.8 Å². The second-order valence-corrected chi connectivity index (χ2v) is 10.1. The highest BCUT2D eigenvalue weighted by molar-refractivity contribution is 5.76. The summed E-state index contributed by atoms with van der Waals surface area (Å²) in [5.74, 6) is 1.32. The van der Waals surface area contributed by atoms with E-state index in [1.165, 1.54) is 0 Å². The molecule has 36 heavy (non-hydrogen) atoms. The van der Waals surface area contributed by atoms with E-state index >= 15 is 0 Å². The molecule has 0 saturated carbocycles. The largest absolute Gasteiger partial charge is 0.368 e. The number of likely N-dealkylation sites (N-methyl/N-ethyl adjacent to an activating group) is 1. The van der Waals surface area contributed by atoms with E-state index in [4.69, 9.17) is 10.3 Å². The van der Waals surface area contributed by atoms with Gasteiger partial charge in [-0.3, -0.25) is 14.5 Å². The van der Waals surface area contributed by atoms with Crippen molar-refractivity contribution < 1.29 is 9.32 Å². The topological polar surface area (TPSA) is 142 Å². The number of nitrogens with two attached hydrogens (primary N) is 1. The van der Waals surface area contributed by atoms with Crippen LogP contribution in [0.2, 0.25) is 0 Å². The van der Waals surface area contributed by atoms with Gasteiger partial charge < -0.3 is 15.2 Å². The summed E-state index contributed by atoms with van der Waals surface area (Å²) in [5, 5.41) is 8.49. The number of hydrogen-bond donors (Lipinski definition) is 1. The average molecular weight is 490 g/mol. The van der Waals surface area contributed by atoms with Crippen LogP contribution in [0.4, 0.5) is 5.95 Å².